The normalized spacial score (nSPS) is 10.5. The fourth-order valence-electron chi connectivity index (χ4n) is 1.57. The molecule has 1 N–H and O–H groups in total. The molecule has 0 spiro atoms. The van der Waals surface area contributed by atoms with E-state index in [4.69, 9.17) is 14.7 Å². The smallest absolute Gasteiger partial charge is 0.287 e. The second-order valence-corrected chi connectivity index (χ2v) is 3.87. The van der Waals surface area contributed by atoms with E-state index in [1.807, 2.05) is 0 Å². The van der Waals surface area contributed by atoms with Crippen LogP contribution in [0.4, 0.5) is 5.69 Å². The monoisotopic (exact) mass is 289 g/mol. The molecule has 1 aromatic carbocycles. The molecule has 0 aliphatic rings. The molecule has 1 heterocycles. The molecule has 0 amide bonds. The highest BCUT2D eigenvalue weighted by atomic mass is 16.6. The first-order chi connectivity index (χ1) is 10.1. The molecule has 0 saturated carbocycles. The van der Waals surface area contributed by atoms with Gasteiger partial charge in [-0.05, 0) is 18.2 Å². The Morgan fingerprint density at radius 2 is 2.14 bits per heavy atom. The van der Waals surface area contributed by atoms with Gasteiger partial charge in [-0.25, -0.2) is 4.98 Å². The molecule has 0 saturated heterocycles. The zero-order valence-corrected chi connectivity index (χ0v) is 11.0. The fraction of sp³-hybridized carbons (Fsp3) is 0.0769. The molecular weight excluding hydrogens is 278 g/mol. The number of nitro groups is 1. The van der Waals surface area contributed by atoms with Crippen LogP contribution in [0.1, 0.15) is 5.56 Å². The highest BCUT2D eigenvalue weighted by Gasteiger charge is 2.10. The lowest BCUT2D eigenvalue weighted by Crippen LogP contribution is -1.94. The van der Waals surface area contributed by atoms with Gasteiger partial charge in [-0.15, -0.1) is 0 Å². The molecule has 8 nitrogen and oxygen atoms in total. The second kappa shape index (κ2) is 6.33. The van der Waals surface area contributed by atoms with Crippen molar-refractivity contribution in [3.05, 3.63) is 52.2 Å². The van der Waals surface area contributed by atoms with Crippen LogP contribution >= 0.6 is 0 Å². The van der Waals surface area contributed by atoms with E-state index in [1.54, 1.807) is 18.2 Å². The minimum atomic E-state index is -0.541. The number of pyridine rings is 1. The van der Waals surface area contributed by atoms with E-state index in [1.165, 1.54) is 25.5 Å². The zero-order chi connectivity index (χ0) is 15.2. The lowest BCUT2D eigenvalue weighted by molar-refractivity contribution is -0.385. The molecule has 0 unspecified atom stereocenters. The first kappa shape index (κ1) is 14.3. The molecule has 0 aliphatic heterocycles. The maximum atomic E-state index is 10.5. The van der Waals surface area contributed by atoms with Crippen LogP contribution in [0.3, 0.4) is 0 Å². The van der Waals surface area contributed by atoms with Gasteiger partial charge in [0.1, 0.15) is 6.20 Å². The largest absolute Gasteiger partial charge is 0.493 e. The van der Waals surface area contributed by atoms with E-state index in [2.05, 4.69) is 10.1 Å². The maximum Gasteiger partial charge on any atom is 0.287 e. The number of benzene rings is 1. The number of rotatable bonds is 5. The zero-order valence-electron chi connectivity index (χ0n) is 11.0. The van der Waals surface area contributed by atoms with Gasteiger partial charge in [0.15, 0.2) is 11.5 Å². The van der Waals surface area contributed by atoms with Crippen LogP contribution in [0.2, 0.25) is 0 Å². The molecule has 0 aliphatic carbocycles. The van der Waals surface area contributed by atoms with Crippen molar-refractivity contribution in [2.45, 2.75) is 0 Å². The number of nitrogens with zero attached hydrogens (tertiary/aromatic N) is 3. The molecule has 2 rings (SSSR count). The van der Waals surface area contributed by atoms with E-state index in [0.717, 1.165) is 6.20 Å². The Morgan fingerprint density at radius 1 is 1.33 bits per heavy atom. The maximum absolute atomic E-state index is 10.5. The van der Waals surface area contributed by atoms with Crippen LogP contribution < -0.4 is 9.47 Å². The van der Waals surface area contributed by atoms with Crippen LogP contribution in [0, 0.1) is 10.1 Å². The van der Waals surface area contributed by atoms with Gasteiger partial charge in [0.05, 0.1) is 18.2 Å². The highest BCUT2D eigenvalue weighted by Crippen LogP contribution is 2.31. The van der Waals surface area contributed by atoms with Gasteiger partial charge in [-0.3, -0.25) is 10.1 Å². The van der Waals surface area contributed by atoms with Gasteiger partial charge in [-0.1, -0.05) is 5.16 Å². The van der Waals surface area contributed by atoms with Gasteiger partial charge < -0.3 is 14.7 Å². The standard InChI is InChI=1S/C13H11N3O5/c1-20-12-6-9(7-15-17)2-4-11(12)21-13-5-3-10(8-14-13)16(18)19/h2-8,17H,1H3/b15-7-. The van der Waals surface area contributed by atoms with E-state index >= 15 is 0 Å². The first-order valence-electron chi connectivity index (χ1n) is 5.78. The van der Waals surface area contributed by atoms with Crippen LogP contribution in [0.25, 0.3) is 0 Å². The summed E-state index contributed by atoms with van der Waals surface area (Å²) in [5.41, 5.74) is 0.502. The Labute approximate surface area is 119 Å². The van der Waals surface area contributed by atoms with Gasteiger partial charge in [-0.2, -0.15) is 0 Å². The number of methoxy groups -OCH3 is 1. The van der Waals surface area contributed by atoms with E-state index in [9.17, 15) is 10.1 Å². The quantitative estimate of drug-likeness (QED) is 0.392. The fourth-order valence-corrected chi connectivity index (χ4v) is 1.57. The van der Waals surface area contributed by atoms with Crippen molar-refractivity contribution >= 4 is 11.9 Å². The van der Waals surface area contributed by atoms with Crippen molar-refractivity contribution in [3.8, 4) is 17.4 Å². The summed E-state index contributed by atoms with van der Waals surface area (Å²) in [4.78, 5) is 13.8. The molecule has 108 valence electrons. The molecule has 2 aromatic rings. The van der Waals surface area contributed by atoms with Crippen LogP contribution in [-0.4, -0.2) is 28.4 Å². The molecule has 0 atom stereocenters. The van der Waals surface area contributed by atoms with E-state index < -0.39 is 4.92 Å². The lowest BCUT2D eigenvalue weighted by atomic mass is 10.2. The number of hydrogen-bond acceptors (Lipinski definition) is 7. The van der Waals surface area contributed by atoms with Crippen molar-refractivity contribution < 1.29 is 19.6 Å². The molecule has 8 heteroatoms. The Kier molecular flexibility index (Phi) is 4.30. The lowest BCUT2D eigenvalue weighted by Gasteiger charge is -2.09. The van der Waals surface area contributed by atoms with Crippen molar-refractivity contribution in [2.24, 2.45) is 5.16 Å². The predicted octanol–water partition coefficient (Wildman–Crippen LogP) is 2.60. The summed E-state index contributed by atoms with van der Waals surface area (Å²) < 4.78 is 10.7. The van der Waals surface area contributed by atoms with Gasteiger partial charge >= 0.3 is 0 Å². The first-order valence-corrected chi connectivity index (χ1v) is 5.78. The molecule has 21 heavy (non-hydrogen) atoms. The summed E-state index contributed by atoms with van der Waals surface area (Å²) in [7, 11) is 1.46. The van der Waals surface area contributed by atoms with Crippen LogP contribution in [0.15, 0.2) is 41.7 Å². The molecule has 1 aromatic heterocycles. The average molecular weight is 289 g/mol. The summed E-state index contributed by atoms with van der Waals surface area (Å²) >= 11 is 0. The average Bonchev–Trinajstić information content (AvgIpc) is 2.49. The minimum Gasteiger partial charge on any atom is -0.493 e. The van der Waals surface area contributed by atoms with Crippen molar-refractivity contribution in [1.29, 1.82) is 0 Å². The van der Waals surface area contributed by atoms with Crippen molar-refractivity contribution in [2.75, 3.05) is 7.11 Å². The molecule has 0 fully saturated rings. The Hall–Kier alpha value is -3.16. The number of aromatic nitrogens is 1. The summed E-state index contributed by atoms with van der Waals surface area (Å²) in [6.45, 7) is 0. The number of ether oxygens (including phenoxy) is 2. The number of oxime groups is 1. The van der Waals surface area contributed by atoms with Gasteiger partial charge in [0, 0.05) is 17.7 Å². The third-order valence-electron chi connectivity index (χ3n) is 2.54. The third-order valence-corrected chi connectivity index (χ3v) is 2.54. The SMILES string of the molecule is COc1cc(/C=N\O)ccc1Oc1ccc([N+](=O)[O-])cn1. The van der Waals surface area contributed by atoms with Gasteiger partial charge in [0.25, 0.3) is 5.69 Å². The van der Waals surface area contributed by atoms with Crippen LogP contribution in [-0.2, 0) is 0 Å². The van der Waals surface area contributed by atoms with E-state index in [0.29, 0.717) is 17.1 Å². The molecule has 0 bridgehead atoms. The Morgan fingerprint density at radius 3 is 2.71 bits per heavy atom. The summed E-state index contributed by atoms with van der Waals surface area (Å²) in [6.07, 6.45) is 2.35. The second-order valence-electron chi connectivity index (χ2n) is 3.87. The van der Waals surface area contributed by atoms with Crippen molar-refractivity contribution in [3.63, 3.8) is 0 Å². The highest BCUT2D eigenvalue weighted by molar-refractivity contribution is 5.80. The molecule has 0 radical (unpaired) electrons. The van der Waals surface area contributed by atoms with Crippen LogP contribution in [0.5, 0.6) is 17.4 Å². The minimum absolute atomic E-state index is 0.121. The van der Waals surface area contributed by atoms with E-state index in [-0.39, 0.29) is 11.6 Å². The van der Waals surface area contributed by atoms with Gasteiger partial charge in [0.2, 0.25) is 5.88 Å². The third kappa shape index (κ3) is 3.44. The van der Waals surface area contributed by atoms with Crippen molar-refractivity contribution in [1.82, 2.24) is 4.98 Å². The predicted molar refractivity (Wildman–Crippen MR) is 73.3 cm³/mol. The summed E-state index contributed by atoms with van der Waals surface area (Å²) in [5.74, 6) is 0.990. The summed E-state index contributed by atoms with van der Waals surface area (Å²) in [5, 5.41) is 22.0. The Balaban J connectivity index is 2.24. The number of hydrogen-bond donors (Lipinski definition) is 1. The summed E-state index contributed by atoms with van der Waals surface area (Å²) in [6, 6.07) is 7.56. The topological polar surface area (TPSA) is 107 Å². The Bertz CT molecular complexity index is 670. The molecular formula is C13H11N3O5.